The van der Waals surface area contributed by atoms with Crippen LogP contribution < -0.4 is 0 Å². The standard InChI is InChI=1S/C9H6ClN3S/c10-8-7(14)1-2-13-9(8)6-5-11-3-4-12-6/h1-5H,(H,13,14). The molecule has 0 radical (unpaired) electrons. The minimum atomic E-state index is 0.497. The molecule has 2 heterocycles. The van der Waals surface area contributed by atoms with E-state index in [2.05, 4.69) is 27.6 Å². The number of aromatic nitrogens is 3. The lowest BCUT2D eigenvalue weighted by molar-refractivity contribution is 1.16. The highest BCUT2D eigenvalue weighted by Gasteiger charge is 2.08. The van der Waals surface area contributed by atoms with Gasteiger partial charge in [-0.3, -0.25) is 15.0 Å². The van der Waals surface area contributed by atoms with Crippen LogP contribution in [0.4, 0.5) is 0 Å². The fraction of sp³-hybridized carbons (Fsp3) is 0. The normalized spacial score (nSPS) is 10.1. The fourth-order valence-electron chi connectivity index (χ4n) is 1.03. The van der Waals surface area contributed by atoms with Crippen LogP contribution in [0.25, 0.3) is 11.4 Å². The molecule has 2 aromatic heterocycles. The summed E-state index contributed by atoms with van der Waals surface area (Å²) in [5, 5.41) is 0.497. The van der Waals surface area contributed by atoms with Gasteiger partial charge in [-0.25, -0.2) is 0 Å². The van der Waals surface area contributed by atoms with Crippen molar-refractivity contribution in [1.82, 2.24) is 15.0 Å². The summed E-state index contributed by atoms with van der Waals surface area (Å²) in [6.45, 7) is 0. The van der Waals surface area contributed by atoms with Gasteiger partial charge in [0.25, 0.3) is 0 Å². The Morgan fingerprint density at radius 3 is 2.71 bits per heavy atom. The van der Waals surface area contributed by atoms with Gasteiger partial charge in [0.05, 0.1) is 11.2 Å². The second-order valence-corrected chi connectivity index (χ2v) is 3.44. The van der Waals surface area contributed by atoms with E-state index in [-0.39, 0.29) is 0 Å². The topological polar surface area (TPSA) is 38.7 Å². The van der Waals surface area contributed by atoms with Gasteiger partial charge in [-0.05, 0) is 6.07 Å². The van der Waals surface area contributed by atoms with Crippen molar-refractivity contribution in [2.45, 2.75) is 4.90 Å². The van der Waals surface area contributed by atoms with E-state index in [0.717, 1.165) is 0 Å². The van der Waals surface area contributed by atoms with Crippen LogP contribution in [-0.4, -0.2) is 15.0 Å². The molecule has 0 aliphatic carbocycles. The molecule has 70 valence electrons. The molecular weight excluding hydrogens is 218 g/mol. The van der Waals surface area contributed by atoms with Crippen molar-refractivity contribution in [2.24, 2.45) is 0 Å². The molecule has 0 N–H and O–H groups in total. The van der Waals surface area contributed by atoms with Crippen molar-refractivity contribution in [2.75, 3.05) is 0 Å². The van der Waals surface area contributed by atoms with Gasteiger partial charge in [-0.2, -0.15) is 0 Å². The van der Waals surface area contributed by atoms with Gasteiger partial charge < -0.3 is 0 Å². The van der Waals surface area contributed by atoms with Crippen molar-refractivity contribution < 1.29 is 0 Å². The molecule has 2 rings (SSSR count). The summed E-state index contributed by atoms with van der Waals surface area (Å²) in [4.78, 5) is 12.9. The van der Waals surface area contributed by atoms with E-state index in [1.54, 1.807) is 30.9 Å². The lowest BCUT2D eigenvalue weighted by Gasteiger charge is -2.02. The van der Waals surface area contributed by atoms with Crippen LogP contribution in [0.2, 0.25) is 5.02 Å². The Morgan fingerprint density at radius 1 is 1.14 bits per heavy atom. The molecule has 0 aliphatic heterocycles. The van der Waals surface area contributed by atoms with Gasteiger partial charge in [-0.15, -0.1) is 12.6 Å². The molecular formula is C9H6ClN3S. The second kappa shape index (κ2) is 3.94. The maximum atomic E-state index is 6.02. The molecule has 0 bridgehead atoms. The predicted octanol–water partition coefficient (Wildman–Crippen LogP) is 2.48. The zero-order valence-corrected chi connectivity index (χ0v) is 8.70. The van der Waals surface area contributed by atoms with Crippen LogP contribution in [0.5, 0.6) is 0 Å². The highest BCUT2D eigenvalue weighted by Crippen LogP contribution is 2.28. The Labute approximate surface area is 91.6 Å². The largest absolute Gasteiger partial charge is 0.261 e. The van der Waals surface area contributed by atoms with Crippen LogP contribution >= 0.6 is 24.2 Å². The quantitative estimate of drug-likeness (QED) is 0.755. The second-order valence-electron chi connectivity index (χ2n) is 2.58. The van der Waals surface area contributed by atoms with E-state index >= 15 is 0 Å². The Bertz CT molecular complexity index is 447. The zero-order valence-electron chi connectivity index (χ0n) is 7.05. The maximum Gasteiger partial charge on any atom is 0.110 e. The Hall–Kier alpha value is -1.13. The number of pyridine rings is 1. The summed E-state index contributed by atoms with van der Waals surface area (Å²) >= 11 is 10.2. The summed E-state index contributed by atoms with van der Waals surface area (Å²) in [5.74, 6) is 0. The molecule has 0 aromatic carbocycles. The summed E-state index contributed by atoms with van der Waals surface area (Å²) < 4.78 is 0. The minimum Gasteiger partial charge on any atom is -0.261 e. The fourth-order valence-corrected chi connectivity index (χ4v) is 1.41. The summed E-state index contributed by atoms with van der Waals surface area (Å²) in [5.41, 5.74) is 1.25. The molecule has 3 nitrogen and oxygen atoms in total. The smallest absolute Gasteiger partial charge is 0.110 e. The van der Waals surface area contributed by atoms with Gasteiger partial charge in [0.1, 0.15) is 11.4 Å². The number of nitrogens with zero attached hydrogens (tertiary/aromatic N) is 3. The minimum absolute atomic E-state index is 0.497. The molecule has 0 aliphatic rings. The molecule has 0 spiro atoms. The van der Waals surface area contributed by atoms with Gasteiger partial charge in [0.15, 0.2) is 0 Å². The summed E-state index contributed by atoms with van der Waals surface area (Å²) in [6.07, 6.45) is 6.44. The maximum absolute atomic E-state index is 6.02. The number of halogens is 1. The number of thiol groups is 1. The SMILES string of the molecule is Sc1ccnc(-c2cnccn2)c1Cl. The van der Waals surface area contributed by atoms with Crippen LogP contribution in [0, 0.1) is 0 Å². The van der Waals surface area contributed by atoms with E-state index in [9.17, 15) is 0 Å². The van der Waals surface area contributed by atoms with Crippen molar-refractivity contribution >= 4 is 24.2 Å². The molecule has 5 heteroatoms. The van der Waals surface area contributed by atoms with Gasteiger partial charge in [0, 0.05) is 23.5 Å². The van der Waals surface area contributed by atoms with Crippen LogP contribution in [0.3, 0.4) is 0 Å². The summed E-state index contributed by atoms with van der Waals surface area (Å²) in [6, 6.07) is 1.73. The lowest BCUT2D eigenvalue weighted by Crippen LogP contribution is -1.89. The van der Waals surface area contributed by atoms with Gasteiger partial charge in [-0.1, -0.05) is 11.6 Å². The molecule has 0 amide bonds. The van der Waals surface area contributed by atoms with Crippen molar-refractivity contribution in [3.63, 3.8) is 0 Å². The monoisotopic (exact) mass is 223 g/mol. The first-order valence-electron chi connectivity index (χ1n) is 3.89. The summed E-state index contributed by atoms with van der Waals surface area (Å²) in [7, 11) is 0. The first kappa shape index (κ1) is 9.43. The van der Waals surface area contributed by atoms with E-state index < -0.39 is 0 Å². The third-order valence-corrected chi connectivity index (χ3v) is 2.56. The Kier molecular flexibility index (Phi) is 2.65. The van der Waals surface area contributed by atoms with Crippen LogP contribution in [0.1, 0.15) is 0 Å². The van der Waals surface area contributed by atoms with E-state index in [4.69, 9.17) is 11.6 Å². The molecule has 0 unspecified atom stereocenters. The van der Waals surface area contributed by atoms with Crippen molar-refractivity contribution in [1.29, 1.82) is 0 Å². The highest BCUT2D eigenvalue weighted by molar-refractivity contribution is 7.80. The van der Waals surface area contributed by atoms with Crippen molar-refractivity contribution in [3.05, 3.63) is 35.9 Å². The zero-order chi connectivity index (χ0) is 9.97. The van der Waals surface area contributed by atoms with Crippen molar-refractivity contribution in [3.8, 4) is 11.4 Å². The third kappa shape index (κ3) is 1.71. The number of hydrogen-bond donors (Lipinski definition) is 1. The van der Waals surface area contributed by atoms with Gasteiger partial charge >= 0.3 is 0 Å². The van der Waals surface area contributed by atoms with E-state index in [0.29, 0.717) is 21.3 Å². The molecule has 0 atom stereocenters. The molecule has 2 aromatic rings. The highest BCUT2D eigenvalue weighted by atomic mass is 35.5. The van der Waals surface area contributed by atoms with E-state index in [1.165, 1.54) is 0 Å². The first-order valence-corrected chi connectivity index (χ1v) is 4.71. The molecule has 0 fully saturated rings. The lowest BCUT2D eigenvalue weighted by atomic mass is 10.3. The molecule has 0 saturated carbocycles. The van der Waals surface area contributed by atoms with Gasteiger partial charge in [0.2, 0.25) is 0 Å². The molecule has 14 heavy (non-hydrogen) atoms. The first-order chi connectivity index (χ1) is 6.79. The molecule has 0 saturated heterocycles. The average molecular weight is 224 g/mol. The number of hydrogen-bond acceptors (Lipinski definition) is 4. The van der Waals surface area contributed by atoms with Crippen LogP contribution in [-0.2, 0) is 0 Å². The third-order valence-electron chi connectivity index (χ3n) is 1.67. The predicted molar refractivity (Wildman–Crippen MR) is 57.5 cm³/mol. The number of rotatable bonds is 1. The Morgan fingerprint density at radius 2 is 2.00 bits per heavy atom. The Balaban J connectivity index is 2.58. The average Bonchev–Trinajstić information content (AvgIpc) is 2.23. The van der Waals surface area contributed by atoms with E-state index in [1.807, 2.05) is 0 Å². The van der Waals surface area contributed by atoms with Crippen LogP contribution in [0.15, 0.2) is 35.7 Å².